The fourth-order valence-corrected chi connectivity index (χ4v) is 4.93. The molecule has 0 aliphatic carbocycles. The fraction of sp³-hybridized carbons (Fsp3) is 0.478. The number of benzene rings is 1. The van der Waals surface area contributed by atoms with E-state index in [0.717, 1.165) is 49.3 Å². The van der Waals surface area contributed by atoms with Crippen LogP contribution in [0.1, 0.15) is 43.6 Å². The number of thiophene rings is 1. The third-order valence-corrected chi connectivity index (χ3v) is 6.85. The topological polar surface area (TPSA) is 62.9 Å². The van der Waals surface area contributed by atoms with Crippen LogP contribution in [0, 0.1) is 22.7 Å². The molecule has 2 atom stereocenters. The van der Waals surface area contributed by atoms with E-state index in [4.69, 9.17) is 5.41 Å². The van der Waals surface area contributed by atoms with E-state index in [2.05, 4.69) is 42.3 Å². The van der Waals surface area contributed by atoms with E-state index < -0.39 is 5.41 Å². The van der Waals surface area contributed by atoms with E-state index >= 15 is 0 Å². The van der Waals surface area contributed by atoms with E-state index in [1.54, 1.807) is 11.3 Å². The zero-order valence-corrected chi connectivity index (χ0v) is 17.6. The quantitative estimate of drug-likeness (QED) is 0.531. The third kappa shape index (κ3) is 4.29. The van der Waals surface area contributed by atoms with Gasteiger partial charge in [-0.3, -0.25) is 5.41 Å². The molecule has 1 saturated heterocycles. The summed E-state index contributed by atoms with van der Waals surface area (Å²) in [7, 11) is 0. The minimum atomic E-state index is -0.449. The van der Waals surface area contributed by atoms with Gasteiger partial charge in [0.05, 0.1) is 16.4 Å². The number of hydrogen-bond donors (Lipinski definition) is 2. The van der Waals surface area contributed by atoms with Gasteiger partial charge in [-0.1, -0.05) is 50.2 Å². The van der Waals surface area contributed by atoms with Crippen LogP contribution in [0.5, 0.6) is 0 Å². The van der Waals surface area contributed by atoms with Crippen LogP contribution in [0.25, 0.3) is 0 Å². The standard InChI is InChI=1S/C23H30N4S/c1-18(2)23(17-24,19-8-4-3-5-9-19)12-6-10-20-16-26-13-14-27(20)22(25)21-11-7-15-28-21/h3-5,7-9,11,15,18,20,25-26H,6,10,12-14,16H2,1-2H3. The minimum absolute atomic E-state index is 0.255. The van der Waals surface area contributed by atoms with Gasteiger partial charge in [0, 0.05) is 25.7 Å². The lowest BCUT2D eigenvalue weighted by molar-refractivity contribution is 0.232. The minimum Gasteiger partial charge on any atom is -0.350 e. The number of nitrogens with zero attached hydrogens (tertiary/aromatic N) is 2. The van der Waals surface area contributed by atoms with Crippen LogP contribution in [-0.4, -0.2) is 36.4 Å². The Balaban J connectivity index is 1.69. The van der Waals surface area contributed by atoms with Crippen LogP contribution >= 0.6 is 11.3 Å². The summed E-state index contributed by atoms with van der Waals surface area (Å²) in [6, 6.07) is 17.2. The summed E-state index contributed by atoms with van der Waals surface area (Å²) < 4.78 is 0. The van der Waals surface area contributed by atoms with E-state index in [1.807, 2.05) is 35.7 Å². The molecule has 2 unspecified atom stereocenters. The molecule has 0 bridgehead atoms. The van der Waals surface area contributed by atoms with E-state index in [1.165, 1.54) is 0 Å². The maximum Gasteiger partial charge on any atom is 0.138 e. The number of rotatable bonds is 7. The molecule has 2 N–H and O–H groups in total. The van der Waals surface area contributed by atoms with Gasteiger partial charge in [0.2, 0.25) is 0 Å². The molecule has 0 saturated carbocycles. The SMILES string of the molecule is CC(C)C(C#N)(CCCC1CNCCN1C(=N)c1cccs1)c1ccccc1. The second-order valence-corrected chi connectivity index (χ2v) is 8.82. The molecular formula is C23H30N4S. The van der Waals surface area contributed by atoms with E-state index in [9.17, 15) is 5.26 Å². The number of nitrogens with one attached hydrogen (secondary N) is 2. The van der Waals surface area contributed by atoms with Gasteiger partial charge in [0.1, 0.15) is 5.84 Å². The van der Waals surface area contributed by atoms with Crippen molar-refractivity contribution in [2.24, 2.45) is 5.92 Å². The Morgan fingerprint density at radius 1 is 1.32 bits per heavy atom. The summed E-state index contributed by atoms with van der Waals surface area (Å²) in [4.78, 5) is 3.28. The van der Waals surface area contributed by atoms with Crippen molar-refractivity contribution < 1.29 is 0 Å². The largest absolute Gasteiger partial charge is 0.350 e. The van der Waals surface area contributed by atoms with Gasteiger partial charge in [-0.2, -0.15) is 5.26 Å². The van der Waals surface area contributed by atoms with Crippen LogP contribution in [0.2, 0.25) is 0 Å². The maximum atomic E-state index is 10.1. The molecule has 3 rings (SSSR count). The molecule has 28 heavy (non-hydrogen) atoms. The van der Waals surface area contributed by atoms with Gasteiger partial charge >= 0.3 is 0 Å². The molecule has 0 amide bonds. The summed E-state index contributed by atoms with van der Waals surface area (Å²) in [5.74, 6) is 0.893. The monoisotopic (exact) mass is 394 g/mol. The van der Waals surface area contributed by atoms with Crippen molar-refractivity contribution in [2.45, 2.75) is 44.6 Å². The number of hydrogen-bond acceptors (Lipinski definition) is 4. The second-order valence-electron chi connectivity index (χ2n) is 7.87. The van der Waals surface area contributed by atoms with Crippen LogP contribution in [0.15, 0.2) is 47.8 Å². The highest BCUT2D eigenvalue weighted by molar-refractivity contribution is 7.12. The van der Waals surface area contributed by atoms with Crippen molar-refractivity contribution in [3.63, 3.8) is 0 Å². The zero-order chi connectivity index (χ0) is 20.0. The molecule has 4 nitrogen and oxygen atoms in total. The third-order valence-electron chi connectivity index (χ3n) is 5.97. The highest BCUT2D eigenvalue weighted by Crippen LogP contribution is 2.37. The van der Waals surface area contributed by atoms with Gasteiger partial charge in [0.25, 0.3) is 0 Å². The molecule has 5 heteroatoms. The number of amidine groups is 1. The van der Waals surface area contributed by atoms with Crippen LogP contribution in [-0.2, 0) is 5.41 Å². The molecule has 148 valence electrons. The number of nitriles is 1. The van der Waals surface area contributed by atoms with Gasteiger partial charge in [0.15, 0.2) is 0 Å². The average Bonchev–Trinajstić information content (AvgIpc) is 3.26. The van der Waals surface area contributed by atoms with Crippen LogP contribution in [0.4, 0.5) is 0 Å². The molecule has 0 spiro atoms. The highest BCUT2D eigenvalue weighted by Gasteiger charge is 2.36. The van der Waals surface area contributed by atoms with Gasteiger partial charge in [-0.15, -0.1) is 11.3 Å². The molecule has 1 aliphatic rings. The summed E-state index contributed by atoms with van der Waals surface area (Å²) in [6.07, 6.45) is 2.81. The first-order valence-electron chi connectivity index (χ1n) is 10.1. The molecule has 1 fully saturated rings. The van der Waals surface area contributed by atoms with Crippen molar-refractivity contribution in [1.29, 1.82) is 10.7 Å². The predicted octanol–water partition coefficient (Wildman–Crippen LogP) is 4.64. The summed E-state index contributed by atoms with van der Waals surface area (Å²) in [5, 5.41) is 24.2. The highest BCUT2D eigenvalue weighted by atomic mass is 32.1. The van der Waals surface area contributed by atoms with Crippen molar-refractivity contribution in [3.05, 3.63) is 58.3 Å². The molecule has 2 heterocycles. The Hall–Kier alpha value is -2.16. The maximum absolute atomic E-state index is 10.1. The lowest BCUT2D eigenvalue weighted by Crippen LogP contribution is -2.53. The second kappa shape index (κ2) is 9.36. The lowest BCUT2D eigenvalue weighted by atomic mass is 9.69. The van der Waals surface area contributed by atoms with Crippen LogP contribution in [0.3, 0.4) is 0 Å². The van der Waals surface area contributed by atoms with Crippen molar-refractivity contribution in [1.82, 2.24) is 10.2 Å². The van der Waals surface area contributed by atoms with E-state index in [0.29, 0.717) is 11.9 Å². The molecule has 1 aromatic carbocycles. The Morgan fingerprint density at radius 3 is 2.75 bits per heavy atom. The molecule has 1 aromatic heterocycles. The van der Waals surface area contributed by atoms with Crippen molar-refractivity contribution in [3.8, 4) is 6.07 Å². The van der Waals surface area contributed by atoms with Crippen LogP contribution < -0.4 is 5.32 Å². The van der Waals surface area contributed by atoms with Gasteiger partial charge in [-0.25, -0.2) is 0 Å². The first-order chi connectivity index (χ1) is 13.6. The lowest BCUT2D eigenvalue weighted by Gasteiger charge is -2.38. The Bertz CT molecular complexity index is 794. The van der Waals surface area contributed by atoms with Gasteiger partial charge < -0.3 is 10.2 Å². The van der Waals surface area contributed by atoms with E-state index in [-0.39, 0.29) is 5.92 Å². The molecule has 1 aliphatic heterocycles. The van der Waals surface area contributed by atoms with Gasteiger partial charge in [-0.05, 0) is 42.2 Å². The Kier molecular flexibility index (Phi) is 6.88. The predicted molar refractivity (Wildman–Crippen MR) is 117 cm³/mol. The van der Waals surface area contributed by atoms with Crippen molar-refractivity contribution in [2.75, 3.05) is 19.6 Å². The fourth-order valence-electron chi connectivity index (χ4n) is 4.24. The summed E-state index contributed by atoms with van der Waals surface area (Å²) >= 11 is 1.63. The average molecular weight is 395 g/mol. The summed E-state index contributed by atoms with van der Waals surface area (Å²) in [6.45, 7) is 6.99. The zero-order valence-electron chi connectivity index (χ0n) is 16.8. The van der Waals surface area contributed by atoms with Crippen molar-refractivity contribution >= 4 is 17.2 Å². The summed E-state index contributed by atoms with van der Waals surface area (Å²) in [5.41, 5.74) is 0.674. The Morgan fingerprint density at radius 2 is 2.11 bits per heavy atom. The molecule has 2 aromatic rings. The first-order valence-corrected chi connectivity index (χ1v) is 11.0. The molecule has 0 radical (unpaired) electrons. The first kappa shape index (κ1) is 20.6. The smallest absolute Gasteiger partial charge is 0.138 e. The Labute approximate surface area is 172 Å². The molecular weight excluding hydrogens is 364 g/mol. The normalized spacial score (nSPS) is 19.2. The number of piperazine rings is 1.